The summed E-state index contributed by atoms with van der Waals surface area (Å²) in [5, 5.41) is 84.2. The Hall–Kier alpha value is -2.66. The highest BCUT2D eigenvalue weighted by atomic mass is 16.7. The molecule has 0 amide bonds. The molecule has 0 bridgehead atoms. The van der Waals surface area contributed by atoms with Crippen LogP contribution in [-0.4, -0.2) is 128 Å². The molecule has 0 spiro atoms. The lowest BCUT2D eigenvalue weighted by molar-refractivity contribution is -0.319. The molecule has 1 saturated heterocycles. The summed E-state index contributed by atoms with van der Waals surface area (Å²) < 4.78 is 21.8. The van der Waals surface area contributed by atoms with Crippen LogP contribution < -0.4 is 0 Å². The van der Waals surface area contributed by atoms with Crippen molar-refractivity contribution < 1.29 is 69.4 Å². The number of ether oxygens (including phenoxy) is 4. The van der Waals surface area contributed by atoms with Gasteiger partial charge in [-0.15, -0.1) is 0 Å². The summed E-state index contributed by atoms with van der Waals surface area (Å²) in [4.78, 5) is 25.4. The molecule has 1 aromatic rings. The third-order valence-electron chi connectivity index (χ3n) is 9.75. The van der Waals surface area contributed by atoms with Gasteiger partial charge in [0.2, 0.25) is 0 Å². The molecule has 1 aromatic carbocycles. The first-order valence-electron chi connectivity index (χ1n) is 14.9. The third-order valence-corrected chi connectivity index (χ3v) is 9.75. The topological polar surface area (TPSA) is 233 Å². The first-order chi connectivity index (χ1) is 21.2. The van der Waals surface area contributed by atoms with E-state index >= 15 is 0 Å². The van der Waals surface area contributed by atoms with E-state index in [0.29, 0.717) is 5.56 Å². The van der Waals surface area contributed by atoms with E-state index in [1.54, 1.807) is 19.1 Å². The Bertz CT molecular complexity index is 1210. The molecular weight excluding hydrogens is 596 g/mol. The third kappa shape index (κ3) is 7.04. The van der Waals surface area contributed by atoms with Crippen molar-refractivity contribution in [3.63, 3.8) is 0 Å². The van der Waals surface area contributed by atoms with Gasteiger partial charge in [0.1, 0.15) is 36.3 Å². The minimum absolute atomic E-state index is 0.00677. The Kier molecular flexibility index (Phi) is 10.9. The quantitative estimate of drug-likeness (QED) is 0.109. The van der Waals surface area contributed by atoms with E-state index in [2.05, 4.69) is 6.58 Å². The van der Waals surface area contributed by atoms with Crippen molar-refractivity contribution in [2.45, 2.75) is 93.6 Å². The van der Waals surface area contributed by atoms with E-state index in [1.165, 1.54) is 19.2 Å². The van der Waals surface area contributed by atoms with Gasteiger partial charge < -0.3 is 59.8 Å². The number of aromatic hydroxyl groups is 1. The fourth-order valence-corrected chi connectivity index (χ4v) is 7.18. The molecule has 1 heterocycles. The Labute approximate surface area is 260 Å². The van der Waals surface area contributed by atoms with E-state index in [0.717, 1.165) is 0 Å². The van der Waals surface area contributed by atoms with Gasteiger partial charge in [-0.2, -0.15) is 0 Å². The van der Waals surface area contributed by atoms with Gasteiger partial charge in [-0.25, -0.2) is 9.59 Å². The Morgan fingerprint density at radius 1 is 1.04 bits per heavy atom. The van der Waals surface area contributed by atoms with Crippen molar-refractivity contribution in [3.8, 4) is 5.75 Å². The summed E-state index contributed by atoms with van der Waals surface area (Å²) in [6.07, 6.45) is -11.3. The second-order valence-corrected chi connectivity index (χ2v) is 12.6. The lowest BCUT2D eigenvalue weighted by Crippen LogP contribution is -2.67. The van der Waals surface area contributed by atoms with Crippen LogP contribution in [0.25, 0.3) is 0 Å². The number of aliphatic hydroxyl groups is 7. The van der Waals surface area contributed by atoms with E-state index in [1.807, 2.05) is 0 Å². The molecule has 0 radical (unpaired) electrons. The highest BCUT2D eigenvalue weighted by molar-refractivity contribution is 5.88. The van der Waals surface area contributed by atoms with Crippen molar-refractivity contribution >= 4 is 11.9 Å². The molecule has 2 saturated carbocycles. The summed E-state index contributed by atoms with van der Waals surface area (Å²) in [5.74, 6) is -3.55. The van der Waals surface area contributed by atoms with Gasteiger partial charge in [-0.05, 0) is 43.4 Å². The van der Waals surface area contributed by atoms with E-state index in [4.69, 9.17) is 18.9 Å². The molecule has 14 heteroatoms. The van der Waals surface area contributed by atoms with Gasteiger partial charge in [0.25, 0.3) is 0 Å². The van der Waals surface area contributed by atoms with Crippen LogP contribution in [0.5, 0.6) is 5.75 Å². The zero-order valence-electron chi connectivity index (χ0n) is 25.3. The van der Waals surface area contributed by atoms with Crippen LogP contribution >= 0.6 is 0 Å². The maximum atomic E-state index is 13.1. The van der Waals surface area contributed by atoms with Crippen LogP contribution in [0.2, 0.25) is 0 Å². The number of methoxy groups -OCH3 is 1. The molecule has 2 aliphatic carbocycles. The number of aliphatic hydroxyl groups excluding tert-OH is 6. The number of phenols is 1. The minimum atomic E-state index is -1.85. The highest BCUT2D eigenvalue weighted by Gasteiger charge is 2.63. The van der Waals surface area contributed by atoms with Crippen molar-refractivity contribution in [2.75, 3.05) is 20.3 Å². The van der Waals surface area contributed by atoms with Crippen molar-refractivity contribution in [2.24, 2.45) is 17.3 Å². The number of phenolic OH excluding ortho intramolecular Hbond substituents is 1. The standard InChI is InChI=1S/C31H44O14/c1-15(27(39)42-3)18-8-10-30(2)21(45-28(40)19(34)12-16-4-6-17(33)7-5-16)9-11-31(41,26(30)22(18)35)14-43-29-25(38)24(37)23(36)20(13-32)44-29/h4-7,18-26,29,32-38,41H,1,8-14H2,2-3H3/t18-,19+,20+,21+,22-,23+,24-,25+,26-,29-,30-,31+/m0/s1. The summed E-state index contributed by atoms with van der Waals surface area (Å²) >= 11 is 0. The second-order valence-electron chi connectivity index (χ2n) is 12.6. The highest BCUT2D eigenvalue weighted by Crippen LogP contribution is 2.57. The monoisotopic (exact) mass is 640 g/mol. The van der Waals surface area contributed by atoms with Gasteiger partial charge in [0.05, 0.1) is 32.0 Å². The van der Waals surface area contributed by atoms with Gasteiger partial charge in [-0.1, -0.05) is 25.6 Å². The number of rotatable bonds is 10. The average molecular weight is 641 g/mol. The van der Waals surface area contributed by atoms with Crippen molar-refractivity contribution in [3.05, 3.63) is 42.0 Å². The molecule has 3 aliphatic rings. The zero-order valence-corrected chi connectivity index (χ0v) is 25.3. The van der Waals surface area contributed by atoms with Crippen molar-refractivity contribution in [1.82, 2.24) is 0 Å². The molecule has 1 aliphatic heterocycles. The number of benzene rings is 1. The predicted molar refractivity (Wildman–Crippen MR) is 153 cm³/mol. The summed E-state index contributed by atoms with van der Waals surface area (Å²) in [6, 6.07) is 5.97. The van der Waals surface area contributed by atoms with Gasteiger partial charge in [0, 0.05) is 29.2 Å². The lowest BCUT2D eigenvalue weighted by atomic mass is 9.50. The number of carbonyl (C=O) groups excluding carboxylic acids is 2. The van der Waals surface area contributed by atoms with E-state index in [-0.39, 0.29) is 43.4 Å². The fourth-order valence-electron chi connectivity index (χ4n) is 7.18. The first kappa shape index (κ1) is 35.2. The van der Waals surface area contributed by atoms with Gasteiger partial charge in [0.15, 0.2) is 12.4 Å². The maximum absolute atomic E-state index is 13.1. The Morgan fingerprint density at radius 2 is 1.71 bits per heavy atom. The molecule has 252 valence electrons. The summed E-state index contributed by atoms with van der Waals surface area (Å²) in [6.45, 7) is 4.29. The minimum Gasteiger partial charge on any atom is -0.508 e. The molecule has 14 nitrogen and oxygen atoms in total. The van der Waals surface area contributed by atoms with E-state index < -0.39 is 97.0 Å². The number of hydrogen-bond acceptors (Lipinski definition) is 14. The van der Waals surface area contributed by atoms with Crippen LogP contribution in [0.4, 0.5) is 0 Å². The molecule has 8 N–H and O–H groups in total. The first-order valence-corrected chi connectivity index (χ1v) is 14.9. The molecule has 0 unspecified atom stereocenters. The van der Waals surface area contributed by atoms with Crippen LogP contribution in [0.15, 0.2) is 36.4 Å². The van der Waals surface area contributed by atoms with E-state index in [9.17, 15) is 50.4 Å². The fraction of sp³-hybridized carbons (Fsp3) is 0.677. The largest absolute Gasteiger partial charge is 0.508 e. The SMILES string of the molecule is C=C(C(=O)OC)[C@@H]1CC[C@]2(C)[C@H]([C@H]1O)[C@](O)(CO[C@H]1O[C@H](CO)[C@@H](O)[C@H](O)[C@H]1O)CC[C@H]2OC(=O)[C@H](O)Cc1ccc(O)cc1. The normalized spacial score (nSPS) is 38.9. The summed E-state index contributed by atoms with van der Waals surface area (Å²) in [5.41, 5.74) is -2.38. The molecule has 4 rings (SSSR count). The van der Waals surface area contributed by atoms with Crippen LogP contribution in [0.1, 0.15) is 38.2 Å². The molecule has 0 aromatic heterocycles. The molecule has 45 heavy (non-hydrogen) atoms. The summed E-state index contributed by atoms with van der Waals surface area (Å²) in [7, 11) is 1.18. The van der Waals surface area contributed by atoms with Crippen molar-refractivity contribution in [1.29, 1.82) is 0 Å². The molecule has 3 fully saturated rings. The predicted octanol–water partition coefficient (Wildman–Crippen LogP) is -1.33. The van der Waals surface area contributed by atoms with Crippen LogP contribution in [-0.2, 0) is 35.0 Å². The maximum Gasteiger partial charge on any atom is 0.335 e. The molecule has 12 atom stereocenters. The smallest absolute Gasteiger partial charge is 0.335 e. The Morgan fingerprint density at radius 3 is 2.33 bits per heavy atom. The van der Waals surface area contributed by atoms with Gasteiger partial charge >= 0.3 is 11.9 Å². The van der Waals surface area contributed by atoms with Crippen LogP contribution in [0.3, 0.4) is 0 Å². The second kappa shape index (κ2) is 14.0. The average Bonchev–Trinajstić information content (AvgIpc) is 3.01. The molecular formula is C31H44O14. The van der Waals surface area contributed by atoms with Gasteiger partial charge in [-0.3, -0.25) is 0 Å². The number of fused-ring (bicyclic) bond motifs is 1. The lowest BCUT2D eigenvalue weighted by Gasteiger charge is -2.59. The Balaban J connectivity index is 1.57. The number of esters is 2. The zero-order chi connectivity index (χ0) is 33.3. The number of hydrogen-bond donors (Lipinski definition) is 8. The van der Waals surface area contributed by atoms with Crippen LogP contribution in [0, 0.1) is 17.3 Å². The number of carbonyl (C=O) groups is 2.